The molecule has 0 saturated carbocycles. The van der Waals surface area contributed by atoms with Gasteiger partial charge in [0.15, 0.2) is 5.54 Å². The monoisotopic (exact) mass is 341 g/mol. The maximum Gasteiger partial charge on any atom is 0.410 e. The maximum atomic E-state index is 12.0. The number of fused-ring (bicyclic) bond motifs is 1. The number of hydrogen-bond donors (Lipinski definition) is 1. The number of aliphatic carboxylic acids is 1. The van der Waals surface area contributed by atoms with Crippen molar-refractivity contribution in [3.63, 3.8) is 0 Å². The van der Waals surface area contributed by atoms with Crippen molar-refractivity contribution in [1.29, 1.82) is 0 Å². The standard InChI is InChI=1S/C14H16BrNO4/c1-3-20-13(19)16-7-6-9-4-5-10(15)8-11(9)14(16,2)12(17)18/h4-5,8H,3,6-7H2,1-2H3,(H,17,18). The number of hydrogen-bond acceptors (Lipinski definition) is 3. The summed E-state index contributed by atoms with van der Waals surface area (Å²) in [4.78, 5) is 25.1. The van der Waals surface area contributed by atoms with Crippen LogP contribution in [-0.4, -0.2) is 35.2 Å². The average Bonchev–Trinajstić information content (AvgIpc) is 2.39. The van der Waals surface area contributed by atoms with Crippen molar-refractivity contribution in [3.05, 3.63) is 33.8 Å². The Hall–Kier alpha value is -1.56. The molecule has 0 aliphatic carbocycles. The zero-order valence-electron chi connectivity index (χ0n) is 11.4. The van der Waals surface area contributed by atoms with Crippen molar-refractivity contribution in [2.45, 2.75) is 25.8 Å². The Morgan fingerprint density at radius 2 is 2.20 bits per heavy atom. The molecular weight excluding hydrogens is 326 g/mol. The van der Waals surface area contributed by atoms with E-state index in [1.807, 2.05) is 12.1 Å². The highest BCUT2D eigenvalue weighted by Crippen LogP contribution is 2.37. The largest absolute Gasteiger partial charge is 0.479 e. The van der Waals surface area contributed by atoms with Crippen molar-refractivity contribution in [2.24, 2.45) is 0 Å². The van der Waals surface area contributed by atoms with Gasteiger partial charge in [0.05, 0.1) is 6.61 Å². The molecule has 0 bridgehead atoms. The van der Waals surface area contributed by atoms with Crippen molar-refractivity contribution >= 4 is 28.0 Å². The number of ether oxygens (including phenoxy) is 1. The number of nitrogens with zero attached hydrogens (tertiary/aromatic N) is 1. The summed E-state index contributed by atoms with van der Waals surface area (Å²) < 4.78 is 5.77. The first-order valence-corrected chi connectivity index (χ1v) is 7.17. The molecule has 1 heterocycles. The molecule has 6 heteroatoms. The topological polar surface area (TPSA) is 66.8 Å². The molecule has 1 aromatic carbocycles. The molecule has 0 spiro atoms. The van der Waals surface area contributed by atoms with Crippen LogP contribution in [0.15, 0.2) is 22.7 Å². The first-order chi connectivity index (χ1) is 9.41. The van der Waals surface area contributed by atoms with E-state index in [9.17, 15) is 14.7 Å². The second-order valence-electron chi connectivity index (χ2n) is 4.78. The molecule has 2 rings (SSSR count). The third-order valence-electron chi connectivity index (χ3n) is 3.65. The Labute approximate surface area is 125 Å². The number of amides is 1. The molecule has 1 atom stereocenters. The Morgan fingerprint density at radius 3 is 2.80 bits per heavy atom. The van der Waals surface area contributed by atoms with E-state index >= 15 is 0 Å². The Kier molecular flexibility index (Phi) is 4.04. The summed E-state index contributed by atoms with van der Waals surface area (Å²) in [6.07, 6.45) is 0.0210. The van der Waals surface area contributed by atoms with E-state index in [0.717, 1.165) is 10.0 Å². The molecule has 1 aliphatic rings. The predicted molar refractivity (Wildman–Crippen MR) is 76.6 cm³/mol. The van der Waals surface area contributed by atoms with Gasteiger partial charge in [0, 0.05) is 11.0 Å². The van der Waals surface area contributed by atoms with Gasteiger partial charge in [-0.05, 0) is 43.5 Å². The van der Waals surface area contributed by atoms with Crippen LogP contribution in [0.3, 0.4) is 0 Å². The molecule has 0 aromatic heterocycles. The Morgan fingerprint density at radius 1 is 1.50 bits per heavy atom. The van der Waals surface area contributed by atoms with Crippen molar-refractivity contribution in [1.82, 2.24) is 4.90 Å². The van der Waals surface area contributed by atoms with E-state index < -0.39 is 17.6 Å². The third-order valence-corrected chi connectivity index (χ3v) is 4.14. The number of carboxylic acids is 1. The fourth-order valence-electron chi connectivity index (χ4n) is 2.53. The van der Waals surface area contributed by atoms with Crippen molar-refractivity contribution in [2.75, 3.05) is 13.2 Å². The number of carboxylic acid groups (broad SMARTS) is 1. The first kappa shape index (κ1) is 14.8. The van der Waals surface area contributed by atoms with E-state index in [2.05, 4.69) is 15.9 Å². The summed E-state index contributed by atoms with van der Waals surface area (Å²) in [6.45, 7) is 3.79. The van der Waals surface area contributed by atoms with Gasteiger partial charge in [0.1, 0.15) is 0 Å². The van der Waals surface area contributed by atoms with Crippen LogP contribution in [-0.2, 0) is 21.5 Å². The average molecular weight is 342 g/mol. The summed E-state index contributed by atoms with van der Waals surface area (Å²) in [5.74, 6) is -1.07. The van der Waals surface area contributed by atoms with Gasteiger partial charge in [-0.3, -0.25) is 4.90 Å². The fourth-order valence-corrected chi connectivity index (χ4v) is 2.89. The molecule has 5 nitrogen and oxygen atoms in total. The predicted octanol–water partition coefficient (Wildman–Crippen LogP) is 2.76. The van der Waals surface area contributed by atoms with Crippen molar-refractivity contribution < 1.29 is 19.4 Å². The third kappa shape index (κ3) is 2.28. The summed E-state index contributed by atoms with van der Waals surface area (Å²) in [7, 11) is 0. The van der Waals surface area contributed by atoms with Gasteiger partial charge < -0.3 is 9.84 Å². The highest BCUT2D eigenvalue weighted by atomic mass is 79.9. The van der Waals surface area contributed by atoms with Crippen LogP contribution < -0.4 is 0 Å². The van der Waals surface area contributed by atoms with Crippen LogP contribution in [0.5, 0.6) is 0 Å². The van der Waals surface area contributed by atoms with E-state index in [-0.39, 0.29) is 6.61 Å². The van der Waals surface area contributed by atoms with Crippen LogP contribution in [0.25, 0.3) is 0 Å². The summed E-state index contributed by atoms with van der Waals surface area (Å²) in [6, 6.07) is 5.53. The molecule has 1 amide bonds. The van der Waals surface area contributed by atoms with Gasteiger partial charge in [-0.15, -0.1) is 0 Å². The van der Waals surface area contributed by atoms with E-state index in [0.29, 0.717) is 18.5 Å². The van der Waals surface area contributed by atoms with Crippen LogP contribution >= 0.6 is 15.9 Å². The lowest BCUT2D eigenvalue weighted by Crippen LogP contribution is -2.56. The zero-order chi connectivity index (χ0) is 14.9. The minimum absolute atomic E-state index is 0.219. The molecule has 0 fully saturated rings. The zero-order valence-corrected chi connectivity index (χ0v) is 12.9. The number of benzene rings is 1. The molecule has 1 aliphatic heterocycles. The van der Waals surface area contributed by atoms with Gasteiger partial charge in [-0.2, -0.15) is 0 Å². The van der Waals surface area contributed by atoms with Crippen LogP contribution in [0.2, 0.25) is 0 Å². The molecule has 1 aromatic rings. The fraction of sp³-hybridized carbons (Fsp3) is 0.429. The number of carbonyl (C=O) groups excluding carboxylic acids is 1. The SMILES string of the molecule is CCOC(=O)N1CCc2ccc(Br)cc2C1(C)C(=O)O. The van der Waals surface area contributed by atoms with E-state index in [4.69, 9.17) is 4.74 Å². The molecule has 1 unspecified atom stereocenters. The van der Waals surface area contributed by atoms with Gasteiger partial charge in [-0.25, -0.2) is 9.59 Å². The molecule has 0 radical (unpaired) electrons. The number of halogens is 1. The van der Waals surface area contributed by atoms with Gasteiger partial charge in [-0.1, -0.05) is 22.0 Å². The molecular formula is C14H16BrNO4. The molecule has 1 N–H and O–H groups in total. The normalized spacial score (nSPS) is 21.2. The number of rotatable bonds is 2. The minimum Gasteiger partial charge on any atom is -0.479 e. The Balaban J connectivity index is 2.54. The Bertz CT molecular complexity index is 560. The summed E-state index contributed by atoms with van der Waals surface area (Å²) in [5, 5.41) is 9.66. The second-order valence-corrected chi connectivity index (χ2v) is 5.70. The van der Waals surface area contributed by atoms with Gasteiger partial charge in [0.2, 0.25) is 0 Å². The van der Waals surface area contributed by atoms with E-state index in [1.54, 1.807) is 13.0 Å². The summed E-state index contributed by atoms with van der Waals surface area (Å²) >= 11 is 3.35. The molecule has 108 valence electrons. The number of carbonyl (C=O) groups is 2. The lowest BCUT2D eigenvalue weighted by Gasteiger charge is -2.42. The molecule has 0 saturated heterocycles. The van der Waals surface area contributed by atoms with Crippen molar-refractivity contribution in [3.8, 4) is 0 Å². The van der Waals surface area contributed by atoms with E-state index in [1.165, 1.54) is 11.8 Å². The lowest BCUT2D eigenvalue weighted by atomic mass is 9.82. The smallest absolute Gasteiger partial charge is 0.410 e. The van der Waals surface area contributed by atoms with Crippen LogP contribution in [0.1, 0.15) is 25.0 Å². The second kappa shape index (κ2) is 5.44. The highest BCUT2D eigenvalue weighted by Gasteiger charge is 2.48. The molecule has 20 heavy (non-hydrogen) atoms. The van der Waals surface area contributed by atoms with Gasteiger partial charge in [0.25, 0.3) is 0 Å². The highest BCUT2D eigenvalue weighted by molar-refractivity contribution is 9.10. The van der Waals surface area contributed by atoms with Crippen LogP contribution in [0.4, 0.5) is 4.79 Å². The lowest BCUT2D eigenvalue weighted by molar-refractivity contribution is -0.150. The van der Waals surface area contributed by atoms with Gasteiger partial charge >= 0.3 is 12.1 Å². The minimum atomic E-state index is -1.41. The first-order valence-electron chi connectivity index (χ1n) is 6.38. The quantitative estimate of drug-likeness (QED) is 0.898. The summed E-state index contributed by atoms with van der Waals surface area (Å²) in [5.41, 5.74) is 0.154. The maximum absolute atomic E-state index is 12.0. The van der Waals surface area contributed by atoms with Crippen LogP contribution in [0, 0.1) is 0 Å².